The van der Waals surface area contributed by atoms with Crippen molar-refractivity contribution in [2.45, 2.75) is 50.9 Å². The molecule has 2 aromatic carbocycles. The molecule has 1 atom stereocenters. The molecule has 246 valence electrons. The number of hydrogen-bond donors (Lipinski definition) is 4. The molecule has 0 saturated heterocycles. The number of fused-ring (bicyclic) bond motifs is 2. The average Bonchev–Trinajstić information content (AvgIpc) is 3.71. The maximum absolute atomic E-state index is 14.0. The zero-order valence-corrected chi connectivity index (χ0v) is 26.3. The van der Waals surface area contributed by atoms with E-state index in [2.05, 4.69) is 37.5 Å². The van der Waals surface area contributed by atoms with Crippen LogP contribution in [0.2, 0.25) is 5.02 Å². The van der Waals surface area contributed by atoms with Gasteiger partial charge in [-0.05, 0) is 61.9 Å². The SMILES string of the molecule is C#Cc1cnc2c(Cl)cc(N[C@H](C3=CN(C4(C(F)F)CC4)NN3)c3cccc4c(OC)nccc34)cc2c1NCC(C)(C)C(F)(F)F. The van der Waals surface area contributed by atoms with E-state index < -0.39 is 36.1 Å². The Hall–Kier alpha value is -4.54. The minimum atomic E-state index is -4.47. The highest BCUT2D eigenvalue weighted by molar-refractivity contribution is 6.35. The van der Waals surface area contributed by atoms with Gasteiger partial charge >= 0.3 is 6.18 Å². The first-order valence-electron chi connectivity index (χ1n) is 14.7. The van der Waals surface area contributed by atoms with Crippen LogP contribution in [0.3, 0.4) is 0 Å². The minimum Gasteiger partial charge on any atom is -0.481 e. The lowest BCUT2D eigenvalue weighted by molar-refractivity contribution is -0.206. The molecule has 14 heteroatoms. The van der Waals surface area contributed by atoms with E-state index in [0.717, 1.165) is 30.2 Å². The van der Waals surface area contributed by atoms with E-state index in [1.54, 1.807) is 24.5 Å². The summed E-state index contributed by atoms with van der Waals surface area (Å²) in [5, 5.41) is 9.90. The third kappa shape index (κ3) is 5.80. The zero-order valence-electron chi connectivity index (χ0n) is 25.6. The van der Waals surface area contributed by atoms with Gasteiger partial charge in [0.15, 0.2) is 0 Å². The van der Waals surface area contributed by atoms with E-state index in [0.29, 0.717) is 41.0 Å². The van der Waals surface area contributed by atoms with Crippen molar-refractivity contribution in [3.8, 4) is 18.2 Å². The second-order valence-electron chi connectivity index (χ2n) is 12.2. The van der Waals surface area contributed by atoms with Crippen molar-refractivity contribution in [1.82, 2.24) is 25.9 Å². The molecule has 0 radical (unpaired) electrons. The quantitative estimate of drug-likeness (QED) is 0.102. The number of methoxy groups -OCH3 is 1. The molecular formula is C33H31ClF5N7O. The van der Waals surface area contributed by atoms with Gasteiger partial charge in [-0.1, -0.05) is 29.7 Å². The van der Waals surface area contributed by atoms with Crippen LogP contribution in [-0.4, -0.2) is 46.8 Å². The van der Waals surface area contributed by atoms with E-state index in [9.17, 15) is 22.0 Å². The van der Waals surface area contributed by atoms with Crippen molar-refractivity contribution in [1.29, 1.82) is 0 Å². The van der Waals surface area contributed by atoms with Gasteiger partial charge in [-0.25, -0.2) is 13.8 Å². The van der Waals surface area contributed by atoms with Crippen LogP contribution in [0.1, 0.15) is 43.9 Å². The number of nitrogens with zero attached hydrogens (tertiary/aromatic N) is 3. The Balaban J connectivity index is 1.46. The number of rotatable bonds is 10. The molecule has 2 aliphatic rings. The summed E-state index contributed by atoms with van der Waals surface area (Å²) in [5.41, 5.74) is 5.16. The van der Waals surface area contributed by atoms with Crippen LogP contribution in [0.4, 0.5) is 33.3 Å². The maximum atomic E-state index is 14.0. The first-order valence-corrected chi connectivity index (χ1v) is 15.1. The molecule has 3 heterocycles. The van der Waals surface area contributed by atoms with Crippen LogP contribution < -0.4 is 26.3 Å². The van der Waals surface area contributed by atoms with Crippen molar-refractivity contribution in [2.24, 2.45) is 5.41 Å². The van der Waals surface area contributed by atoms with Crippen molar-refractivity contribution in [2.75, 3.05) is 24.3 Å². The summed E-state index contributed by atoms with van der Waals surface area (Å²) in [5.74, 6) is 2.90. The summed E-state index contributed by atoms with van der Waals surface area (Å²) in [6.07, 6.45) is 3.95. The lowest BCUT2D eigenvalue weighted by atomic mass is 9.92. The standard InChI is InChI=1S/C33H31ClF5N7O/c1-5-18-15-41-27-23(26(18)42-17-31(2,3)33(37,38)39)13-19(14-24(27)34)43-28(25-16-46(45-44-25)32(10-11-32)30(35)36)21-7-6-8-22-20(21)9-12-40-29(22)47-4/h1,6-9,12-16,28,30,43-45H,10-11,17H2,2-4H3,(H,41,42)/t28-/m0/s1. The maximum Gasteiger partial charge on any atom is 0.395 e. The van der Waals surface area contributed by atoms with E-state index in [1.165, 1.54) is 18.3 Å². The van der Waals surface area contributed by atoms with Gasteiger partial charge in [0.1, 0.15) is 5.54 Å². The number of halogens is 6. The number of alkyl halides is 5. The molecule has 6 rings (SSSR count). The van der Waals surface area contributed by atoms with E-state index in [-0.39, 0.29) is 16.3 Å². The Bertz CT molecular complexity index is 1920. The van der Waals surface area contributed by atoms with Gasteiger partial charge in [0.25, 0.3) is 6.43 Å². The fraction of sp³-hybridized carbons (Fsp3) is 0.333. The summed E-state index contributed by atoms with van der Waals surface area (Å²) in [4.78, 5) is 8.69. The highest BCUT2D eigenvalue weighted by Gasteiger charge is 2.56. The molecule has 1 aliphatic heterocycles. The van der Waals surface area contributed by atoms with E-state index in [1.807, 2.05) is 24.3 Å². The van der Waals surface area contributed by atoms with Crippen molar-refractivity contribution < 1.29 is 26.7 Å². The molecule has 0 spiro atoms. The largest absolute Gasteiger partial charge is 0.481 e. The van der Waals surface area contributed by atoms with E-state index >= 15 is 0 Å². The third-order valence-electron chi connectivity index (χ3n) is 8.72. The van der Waals surface area contributed by atoms with Crippen LogP contribution in [0, 0.1) is 17.8 Å². The number of anilines is 2. The normalized spacial score (nSPS) is 16.5. The van der Waals surface area contributed by atoms with Crippen molar-refractivity contribution in [3.63, 3.8) is 0 Å². The Kier molecular flexibility index (Phi) is 8.22. The highest BCUT2D eigenvalue weighted by Crippen LogP contribution is 2.48. The fourth-order valence-corrected chi connectivity index (χ4v) is 5.84. The predicted octanol–water partition coefficient (Wildman–Crippen LogP) is 7.54. The molecule has 4 aromatic rings. The van der Waals surface area contributed by atoms with Crippen LogP contribution in [0.15, 0.2) is 60.7 Å². The molecule has 1 aliphatic carbocycles. The van der Waals surface area contributed by atoms with Crippen LogP contribution >= 0.6 is 11.6 Å². The zero-order chi connectivity index (χ0) is 33.7. The van der Waals surface area contributed by atoms with Gasteiger partial charge in [-0.2, -0.15) is 13.2 Å². The van der Waals surface area contributed by atoms with Gasteiger partial charge in [-0.15, -0.1) is 12.0 Å². The molecule has 1 fully saturated rings. The number of hydrogen-bond acceptors (Lipinski definition) is 8. The predicted molar refractivity (Wildman–Crippen MR) is 172 cm³/mol. The van der Waals surface area contributed by atoms with Gasteiger partial charge in [0, 0.05) is 41.6 Å². The minimum absolute atomic E-state index is 0.219. The first-order chi connectivity index (χ1) is 22.3. The van der Waals surface area contributed by atoms with Gasteiger partial charge in [0.05, 0.1) is 46.1 Å². The van der Waals surface area contributed by atoms with Crippen molar-refractivity contribution >= 4 is 44.7 Å². The second kappa shape index (κ2) is 11.9. The first kappa shape index (κ1) is 32.4. The number of hydrazine groups is 2. The van der Waals surface area contributed by atoms with Crippen LogP contribution in [0.5, 0.6) is 5.88 Å². The number of nitrogens with one attached hydrogen (secondary N) is 4. The van der Waals surface area contributed by atoms with Crippen LogP contribution in [0.25, 0.3) is 21.7 Å². The lowest BCUT2D eigenvalue weighted by Crippen LogP contribution is -2.48. The second-order valence-corrected chi connectivity index (χ2v) is 12.6. The average molecular weight is 672 g/mol. The molecular weight excluding hydrogens is 641 g/mol. The Labute approximate surface area is 272 Å². The summed E-state index contributed by atoms with van der Waals surface area (Å²) >= 11 is 6.72. The molecule has 1 saturated carbocycles. The Morgan fingerprint density at radius 2 is 1.89 bits per heavy atom. The number of aromatic nitrogens is 2. The molecule has 0 unspecified atom stereocenters. The highest BCUT2D eigenvalue weighted by atomic mass is 35.5. The van der Waals surface area contributed by atoms with Gasteiger partial charge < -0.3 is 20.8 Å². The number of ether oxygens (including phenoxy) is 1. The smallest absolute Gasteiger partial charge is 0.395 e. The van der Waals surface area contributed by atoms with Gasteiger partial charge in [-0.3, -0.25) is 9.99 Å². The van der Waals surface area contributed by atoms with E-state index in [4.69, 9.17) is 22.8 Å². The summed E-state index contributed by atoms with van der Waals surface area (Å²) < 4.78 is 74.7. The third-order valence-corrected chi connectivity index (χ3v) is 9.01. The summed E-state index contributed by atoms with van der Waals surface area (Å²) in [6.45, 7) is 1.73. The van der Waals surface area contributed by atoms with Crippen LogP contribution in [-0.2, 0) is 0 Å². The van der Waals surface area contributed by atoms with Gasteiger partial charge in [0.2, 0.25) is 5.88 Å². The molecule has 4 N–H and O–H groups in total. The molecule has 0 amide bonds. The number of pyridine rings is 2. The topological polar surface area (TPSA) is 86.4 Å². The van der Waals surface area contributed by atoms with Crippen molar-refractivity contribution in [3.05, 3.63) is 76.8 Å². The monoisotopic (exact) mass is 671 g/mol. The molecule has 47 heavy (non-hydrogen) atoms. The number of terminal acetylenes is 1. The fourth-order valence-electron chi connectivity index (χ4n) is 5.57. The lowest BCUT2D eigenvalue weighted by Gasteiger charge is -2.29. The molecule has 2 aromatic heterocycles. The Morgan fingerprint density at radius 1 is 1.13 bits per heavy atom. The molecule has 0 bridgehead atoms. The Morgan fingerprint density at radius 3 is 2.55 bits per heavy atom. The summed E-state index contributed by atoms with van der Waals surface area (Å²) in [7, 11) is 1.52. The molecule has 8 nitrogen and oxygen atoms in total. The summed E-state index contributed by atoms with van der Waals surface area (Å²) in [6, 6.07) is 10.1. The number of benzene rings is 2.